The van der Waals surface area contributed by atoms with Crippen LogP contribution in [0.5, 0.6) is 0 Å². The Labute approximate surface area is 119 Å². The molecule has 0 spiro atoms. The molecule has 0 saturated heterocycles. The summed E-state index contributed by atoms with van der Waals surface area (Å²) in [6.07, 6.45) is 2.53. The van der Waals surface area contributed by atoms with Gasteiger partial charge in [-0.2, -0.15) is 9.57 Å². The molecule has 0 bridgehead atoms. The Bertz CT molecular complexity index is 659. The van der Waals surface area contributed by atoms with Gasteiger partial charge in [0.05, 0.1) is 17.1 Å². The highest BCUT2D eigenvalue weighted by molar-refractivity contribution is 7.89. The molecule has 0 aliphatic carbocycles. The molecule has 0 amide bonds. The molecule has 1 heterocycles. The summed E-state index contributed by atoms with van der Waals surface area (Å²) in [7, 11) is -2.00. The molecule has 0 N–H and O–H groups in total. The zero-order valence-electron chi connectivity index (χ0n) is 11.2. The molecule has 1 aliphatic heterocycles. The van der Waals surface area contributed by atoms with E-state index in [1.54, 1.807) is 19.2 Å². The lowest BCUT2D eigenvalue weighted by molar-refractivity contribution is 0.219. The normalized spacial score (nSPS) is 16.5. The topological polar surface area (TPSA) is 70.4 Å². The Kier molecular flexibility index (Phi) is 4.55. The molecule has 0 saturated carbocycles. The van der Waals surface area contributed by atoms with Gasteiger partial charge >= 0.3 is 0 Å². The third-order valence-corrected chi connectivity index (χ3v) is 5.14. The highest BCUT2D eigenvalue weighted by Gasteiger charge is 2.28. The van der Waals surface area contributed by atoms with Crippen molar-refractivity contribution in [2.24, 2.45) is 0 Å². The Morgan fingerprint density at radius 1 is 1.40 bits per heavy atom. The third kappa shape index (κ3) is 2.90. The highest BCUT2D eigenvalue weighted by atomic mass is 32.2. The molecule has 0 unspecified atom stereocenters. The first-order valence-electron chi connectivity index (χ1n) is 6.25. The summed E-state index contributed by atoms with van der Waals surface area (Å²) >= 11 is 0. The van der Waals surface area contributed by atoms with E-state index >= 15 is 0 Å². The van der Waals surface area contributed by atoms with Gasteiger partial charge in [0.25, 0.3) is 0 Å². The fraction of sp³-hybridized carbons (Fsp3) is 0.357. The highest BCUT2D eigenvalue weighted by Crippen LogP contribution is 2.23. The smallest absolute Gasteiger partial charge is 0.244 e. The second-order valence-electron chi connectivity index (χ2n) is 4.52. The van der Waals surface area contributed by atoms with E-state index in [2.05, 4.69) is 0 Å². The predicted octanol–water partition coefficient (Wildman–Crippen LogP) is 1.53. The number of hydrogen-bond acceptors (Lipinski definition) is 4. The van der Waals surface area contributed by atoms with E-state index in [1.807, 2.05) is 12.1 Å². The van der Waals surface area contributed by atoms with Gasteiger partial charge in [-0.3, -0.25) is 0 Å². The molecule has 0 radical (unpaired) electrons. The van der Waals surface area contributed by atoms with Crippen LogP contribution in [0.1, 0.15) is 12.0 Å². The van der Waals surface area contributed by atoms with Crippen LogP contribution in [0.4, 0.5) is 0 Å². The van der Waals surface area contributed by atoms with Gasteiger partial charge in [0.15, 0.2) is 0 Å². The molecule has 20 heavy (non-hydrogen) atoms. The molecule has 1 aliphatic rings. The first kappa shape index (κ1) is 14.7. The third-order valence-electron chi connectivity index (χ3n) is 3.22. The van der Waals surface area contributed by atoms with Crippen LogP contribution in [0.3, 0.4) is 0 Å². The van der Waals surface area contributed by atoms with Crippen LogP contribution in [-0.4, -0.2) is 39.5 Å². The van der Waals surface area contributed by atoms with Crippen molar-refractivity contribution in [3.8, 4) is 6.07 Å². The molecule has 1 aromatic carbocycles. The maximum Gasteiger partial charge on any atom is 0.244 e. The monoisotopic (exact) mass is 292 g/mol. The van der Waals surface area contributed by atoms with Crippen LogP contribution >= 0.6 is 0 Å². The Hall–Kier alpha value is -1.68. The lowest BCUT2D eigenvalue weighted by atomic mass is 10.1. The molecule has 106 valence electrons. The number of ether oxygens (including phenoxy) is 1. The van der Waals surface area contributed by atoms with Crippen LogP contribution in [0, 0.1) is 11.3 Å². The van der Waals surface area contributed by atoms with Gasteiger partial charge in [-0.25, -0.2) is 8.42 Å². The van der Waals surface area contributed by atoms with E-state index in [1.165, 1.54) is 16.4 Å². The predicted molar refractivity (Wildman–Crippen MR) is 74.5 cm³/mol. The molecular weight excluding hydrogens is 276 g/mol. The van der Waals surface area contributed by atoms with Crippen molar-refractivity contribution in [1.29, 1.82) is 5.26 Å². The number of hydrogen-bond donors (Lipinski definition) is 0. The second-order valence-corrected chi connectivity index (χ2v) is 6.42. The van der Waals surface area contributed by atoms with E-state index in [0.717, 1.165) is 5.57 Å². The minimum atomic E-state index is -3.62. The van der Waals surface area contributed by atoms with Gasteiger partial charge in [-0.15, -0.1) is 0 Å². The zero-order valence-corrected chi connectivity index (χ0v) is 12.1. The average Bonchev–Trinajstić information content (AvgIpc) is 2.48. The fourth-order valence-corrected chi connectivity index (χ4v) is 3.67. The summed E-state index contributed by atoms with van der Waals surface area (Å²) in [5.74, 6) is 0. The van der Waals surface area contributed by atoms with E-state index in [0.29, 0.717) is 26.1 Å². The zero-order chi connectivity index (χ0) is 14.6. The van der Waals surface area contributed by atoms with Crippen molar-refractivity contribution < 1.29 is 13.2 Å². The summed E-state index contributed by atoms with van der Waals surface area (Å²) in [4.78, 5) is 0.0751. The van der Waals surface area contributed by atoms with E-state index in [4.69, 9.17) is 10.00 Å². The van der Waals surface area contributed by atoms with E-state index in [9.17, 15) is 8.42 Å². The summed E-state index contributed by atoms with van der Waals surface area (Å²) in [5, 5.41) is 9.03. The lowest BCUT2D eigenvalue weighted by Gasteiger charge is -2.26. The van der Waals surface area contributed by atoms with Gasteiger partial charge in [-0.1, -0.05) is 18.2 Å². The van der Waals surface area contributed by atoms with E-state index in [-0.39, 0.29) is 10.5 Å². The Morgan fingerprint density at radius 3 is 2.75 bits per heavy atom. The Balaban J connectivity index is 2.27. The molecule has 0 atom stereocenters. The summed E-state index contributed by atoms with van der Waals surface area (Å²) < 4.78 is 31.5. The van der Waals surface area contributed by atoms with Gasteiger partial charge < -0.3 is 4.74 Å². The van der Waals surface area contributed by atoms with Gasteiger partial charge in [-0.05, 0) is 24.1 Å². The van der Waals surface area contributed by atoms with Crippen LogP contribution in [0.25, 0.3) is 0 Å². The van der Waals surface area contributed by atoms with Crippen molar-refractivity contribution in [1.82, 2.24) is 4.31 Å². The molecule has 5 nitrogen and oxygen atoms in total. The second kappa shape index (κ2) is 6.18. The first-order chi connectivity index (χ1) is 9.59. The van der Waals surface area contributed by atoms with Gasteiger partial charge in [0.1, 0.15) is 6.07 Å². The number of rotatable bonds is 4. The number of methoxy groups -OCH3 is 1. The fourth-order valence-electron chi connectivity index (χ4n) is 2.15. The molecular formula is C14H16N2O3S. The van der Waals surface area contributed by atoms with Crippen LogP contribution < -0.4 is 0 Å². The van der Waals surface area contributed by atoms with Gasteiger partial charge in [0, 0.05) is 20.2 Å². The first-order valence-corrected chi connectivity index (χ1v) is 7.69. The number of benzene rings is 1. The summed E-state index contributed by atoms with van der Waals surface area (Å²) in [6.45, 7) is 1.26. The molecule has 6 heteroatoms. The molecule has 0 fully saturated rings. The maximum atomic E-state index is 12.5. The van der Waals surface area contributed by atoms with Gasteiger partial charge in [0.2, 0.25) is 10.0 Å². The number of nitriles is 1. The van der Waals surface area contributed by atoms with Crippen molar-refractivity contribution in [3.05, 3.63) is 41.5 Å². The van der Waals surface area contributed by atoms with Crippen molar-refractivity contribution in [2.45, 2.75) is 11.3 Å². The van der Waals surface area contributed by atoms with Crippen LogP contribution in [0.15, 0.2) is 40.8 Å². The average molecular weight is 292 g/mol. The standard InChI is InChI=1S/C14H16N2O3S/c1-19-11-12-6-8-16(9-7-12)20(17,18)14-5-3-2-4-13(14)10-15/h2-6H,7-9,11H2,1H3. The van der Waals surface area contributed by atoms with Crippen LogP contribution in [0.2, 0.25) is 0 Å². The van der Waals surface area contributed by atoms with Crippen molar-refractivity contribution >= 4 is 10.0 Å². The summed E-state index contributed by atoms with van der Waals surface area (Å²) in [5.41, 5.74) is 1.28. The summed E-state index contributed by atoms with van der Waals surface area (Å²) in [6, 6.07) is 8.21. The largest absolute Gasteiger partial charge is 0.380 e. The number of nitrogens with zero attached hydrogens (tertiary/aromatic N) is 2. The quantitative estimate of drug-likeness (QED) is 0.789. The van der Waals surface area contributed by atoms with Crippen molar-refractivity contribution in [3.63, 3.8) is 0 Å². The van der Waals surface area contributed by atoms with Crippen molar-refractivity contribution in [2.75, 3.05) is 26.8 Å². The van der Waals surface area contributed by atoms with E-state index < -0.39 is 10.0 Å². The minimum absolute atomic E-state index is 0.0751. The molecule has 0 aromatic heterocycles. The minimum Gasteiger partial charge on any atom is -0.380 e. The number of sulfonamides is 1. The SMILES string of the molecule is COCC1=CCN(S(=O)(=O)c2ccccc2C#N)CC1. The lowest BCUT2D eigenvalue weighted by Crippen LogP contribution is -2.35. The maximum absolute atomic E-state index is 12.5. The van der Waals surface area contributed by atoms with Crippen LogP contribution in [-0.2, 0) is 14.8 Å². The molecule has 2 rings (SSSR count). The Morgan fingerprint density at radius 2 is 2.15 bits per heavy atom. The molecule has 1 aromatic rings.